The maximum absolute atomic E-state index is 12.6. The van der Waals surface area contributed by atoms with Gasteiger partial charge in [0.25, 0.3) is 5.91 Å². The molecule has 1 aliphatic heterocycles. The lowest BCUT2D eigenvalue weighted by atomic mass is 10.1. The number of nitriles is 1. The Morgan fingerprint density at radius 2 is 1.79 bits per heavy atom. The molecule has 1 atom stereocenters. The molecule has 0 radical (unpaired) electrons. The summed E-state index contributed by atoms with van der Waals surface area (Å²) in [4.78, 5) is 28.9. The molecule has 0 bridgehead atoms. The molecule has 1 saturated heterocycles. The van der Waals surface area contributed by atoms with Crippen molar-refractivity contribution in [2.24, 2.45) is 0 Å². The monoisotopic (exact) mass is 377 g/mol. The second-order valence-corrected chi connectivity index (χ2v) is 6.83. The summed E-state index contributed by atoms with van der Waals surface area (Å²) < 4.78 is 5.32. The molecule has 0 spiro atoms. The highest BCUT2D eigenvalue weighted by Gasteiger charge is 2.27. The van der Waals surface area contributed by atoms with Gasteiger partial charge in [-0.3, -0.25) is 9.69 Å². The van der Waals surface area contributed by atoms with Crippen LogP contribution in [0, 0.1) is 11.3 Å². The quantitative estimate of drug-likeness (QED) is 0.749. The van der Waals surface area contributed by atoms with Gasteiger partial charge in [0, 0.05) is 32.7 Å². The number of rotatable bonds is 5. The van der Waals surface area contributed by atoms with E-state index in [-0.39, 0.29) is 11.5 Å². The third-order valence-corrected chi connectivity index (χ3v) is 4.79. The van der Waals surface area contributed by atoms with Gasteiger partial charge in [-0.15, -0.1) is 0 Å². The standard InChI is InChI=1S/C22H23N3O3/c1-17(28-22(27)20-9-5-8-19(14-20)15-23)21(26)25-12-10-24(11-13-25)16-18-6-3-2-4-7-18/h2-9,14,17H,10-13,16H2,1H3. The first kappa shape index (κ1) is 19.6. The van der Waals surface area contributed by atoms with Gasteiger partial charge < -0.3 is 9.64 Å². The molecule has 2 aromatic rings. The fourth-order valence-electron chi connectivity index (χ4n) is 3.22. The van der Waals surface area contributed by atoms with Gasteiger partial charge in [-0.2, -0.15) is 5.26 Å². The number of esters is 1. The smallest absolute Gasteiger partial charge is 0.338 e. The van der Waals surface area contributed by atoms with Crippen molar-refractivity contribution in [3.05, 3.63) is 71.3 Å². The van der Waals surface area contributed by atoms with E-state index in [1.165, 1.54) is 11.6 Å². The normalized spacial score (nSPS) is 15.5. The van der Waals surface area contributed by atoms with Crippen LogP contribution in [-0.2, 0) is 16.1 Å². The number of piperazine rings is 1. The summed E-state index contributed by atoms with van der Waals surface area (Å²) in [5.74, 6) is -0.787. The molecule has 6 nitrogen and oxygen atoms in total. The first-order valence-corrected chi connectivity index (χ1v) is 9.33. The van der Waals surface area contributed by atoms with E-state index in [0.717, 1.165) is 19.6 Å². The lowest BCUT2D eigenvalue weighted by Crippen LogP contribution is -2.51. The molecule has 1 aliphatic rings. The Labute approximate surface area is 164 Å². The second kappa shape index (κ2) is 9.16. The molecule has 1 unspecified atom stereocenters. The Morgan fingerprint density at radius 3 is 2.46 bits per heavy atom. The van der Waals surface area contributed by atoms with Crippen molar-refractivity contribution in [1.29, 1.82) is 5.26 Å². The summed E-state index contributed by atoms with van der Waals surface area (Å²) in [6, 6.07) is 18.5. The first-order chi connectivity index (χ1) is 13.6. The van der Waals surface area contributed by atoms with Crippen LogP contribution < -0.4 is 0 Å². The maximum atomic E-state index is 12.6. The van der Waals surface area contributed by atoms with Gasteiger partial charge in [-0.1, -0.05) is 36.4 Å². The van der Waals surface area contributed by atoms with Crippen molar-refractivity contribution in [3.8, 4) is 6.07 Å². The van der Waals surface area contributed by atoms with Gasteiger partial charge in [0.2, 0.25) is 0 Å². The molecule has 0 aliphatic carbocycles. The average molecular weight is 377 g/mol. The molecular formula is C22H23N3O3. The van der Waals surface area contributed by atoms with Crippen molar-refractivity contribution >= 4 is 11.9 Å². The van der Waals surface area contributed by atoms with E-state index in [1.54, 1.807) is 30.0 Å². The number of carbonyl (C=O) groups is 2. The Kier molecular flexibility index (Phi) is 6.41. The number of ether oxygens (including phenoxy) is 1. The molecule has 0 saturated carbocycles. The largest absolute Gasteiger partial charge is 0.449 e. The third kappa shape index (κ3) is 4.96. The molecule has 1 amide bonds. The Hall–Kier alpha value is -3.17. The van der Waals surface area contributed by atoms with Crippen molar-refractivity contribution in [2.75, 3.05) is 26.2 Å². The summed E-state index contributed by atoms with van der Waals surface area (Å²) in [5, 5.41) is 8.93. The molecule has 144 valence electrons. The molecule has 1 heterocycles. The van der Waals surface area contributed by atoms with Crippen molar-refractivity contribution in [2.45, 2.75) is 19.6 Å². The summed E-state index contributed by atoms with van der Waals surface area (Å²) in [6.07, 6.45) is -0.862. The minimum Gasteiger partial charge on any atom is -0.449 e. The van der Waals surface area contributed by atoms with Gasteiger partial charge in [0.05, 0.1) is 17.2 Å². The summed E-state index contributed by atoms with van der Waals surface area (Å²) in [7, 11) is 0. The van der Waals surface area contributed by atoms with Crippen LogP contribution in [0.5, 0.6) is 0 Å². The summed E-state index contributed by atoms with van der Waals surface area (Å²) >= 11 is 0. The van der Waals surface area contributed by atoms with Crippen LogP contribution in [0.4, 0.5) is 0 Å². The lowest BCUT2D eigenvalue weighted by Gasteiger charge is -2.35. The fourth-order valence-corrected chi connectivity index (χ4v) is 3.22. The number of amides is 1. The zero-order valence-corrected chi connectivity index (χ0v) is 15.9. The molecule has 0 aromatic heterocycles. The third-order valence-electron chi connectivity index (χ3n) is 4.79. The van der Waals surface area contributed by atoms with Crippen LogP contribution in [0.15, 0.2) is 54.6 Å². The van der Waals surface area contributed by atoms with Gasteiger partial charge in [-0.05, 0) is 30.7 Å². The van der Waals surface area contributed by atoms with Crippen LogP contribution in [-0.4, -0.2) is 54.0 Å². The van der Waals surface area contributed by atoms with E-state index < -0.39 is 12.1 Å². The Balaban J connectivity index is 1.50. The molecule has 0 N–H and O–H groups in total. The molecule has 28 heavy (non-hydrogen) atoms. The van der Waals surface area contributed by atoms with E-state index in [4.69, 9.17) is 10.00 Å². The van der Waals surface area contributed by atoms with E-state index in [0.29, 0.717) is 18.7 Å². The second-order valence-electron chi connectivity index (χ2n) is 6.83. The summed E-state index contributed by atoms with van der Waals surface area (Å²) in [5.41, 5.74) is 1.90. The van der Waals surface area contributed by atoms with Crippen LogP contribution >= 0.6 is 0 Å². The van der Waals surface area contributed by atoms with Crippen molar-refractivity contribution in [1.82, 2.24) is 9.80 Å². The number of carbonyl (C=O) groups excluding carboxylic acids is 2. The van der Waals surface area contributed by atoms with Crippen LogP contribution in [0.2, 0.25) is 0 Å². The van der Waals surface area contributed by atoms with E-state index in [1.807, 2.05) is 24.3 Å². The highest BCUT2D eigenvalue weighted by molar-refractivity contribution is 5.92. The maximum Gasteiger partial charge on any atom is 0.338 e. The van der Waals surface area contributed by atoms with Crippen molar-refractivity contribution in [3.63, 3.8) is 0 Å². The zero-order valence-electron chi connectivity index (χ0n) is 15.9. The van der Waals surface area contributed by atoms with E-state index >= 15 is 0 Å². The number of hydrogen-bond acceptors (Lipinski definition) is 5. The van der Waals surface area contributed by atoms with Crippen LogP contribution in [0.1, 0.15) is 28.4 Å². The fraction of sp³-hybridized carbons (Fsp3) is 0.318. The van der Waals surface area contributed by atoms with Gasteiger partial charge in [0.1, 0.15) is 0 Å². The molecule has 2 aromatic carbocycles. The summed E-state index contributed by atoms with van der Waals surface area (Å²) in [6.45, 7) is 5.24. The Bertz CT molecular complexity index is 868. The van der Waals surface area contributed by atoms with Crippen LogP contribution in [0.25, 0.3) is 0 Å². The average Bonchev–Trinajstić information content (AvgIpc) is 2.74. The molecular weight excluding hydrogens is 354 g/mol. The number of nitrogens with zero attached hydrogens (tertiary/aromatic N) is 3. The predicted molar refractivity (Wildman–Crippen MR) is 104 cm³/mol. The Morgan fingerprint density at radius 1 is 1.07 bits per heavy atom. The SMILES string of the molecule is CC(OC(=O)c1cccc(C#N)c1)C(=O)N1CCN(Cc2ccccc2)CC1. The molecule has 1 fully saturated rings. The van der Waals surface area contributed by atoms with Gasteiger partial charge in [0.15, 0.2) is 6.10 Å². The van der Waals surface area contributed by atoms with E-state index in [2.05, 4.69) is 17.0 Å². The number of benzene rings is 2. The van der Waals surface area contributed by atoms with Crippen molar-refractivity contribution < 1.29 is 14.3 Å². The molecule has 6 heteroatoms. The first-order valence-electron chi connectivity index (χ1n) is 9.33. The lowest BCUT2D eigenvalue weighted by molar-refractivity contribution is -0.141. The zero-order chi connectivity index (χ0) is 19.9. The van der Waals surface area contributed by atoms with Gasteiger partial charge in [-0.25, -0.2) is 4.79 Å². The van der Waals surface area contributed by atoms with Crippen LogP contribution in [0.3, 0.4) is 0 Å². The van der Waals surface area contributed by atoms with E-state index in [9.17, 15) is 9.59 Å². The minimum atomic E-state index is -0.862. The highest BCUT2D eigenvalue weighted by atomic mass is 16.5. The van der Waals surface area contributed by atoms with Gasteiger partial charge >= 0.3 is 5.97 Å². The molecule has 3 rings (SSSR count). The minimum absolute atomic E-state index is 0.191. The predicted octanol–water partition coefficient (Wildman–Crippen LogP) is 2.45. The highest BCUT2D eigenvalue weighted by Crippen LogP contribution is 2.12. The topological polar surface area (TPSA) is 73.6 Å². The number of hydrogen-bond donors (Lipinski definition) is 0.